The van der Waals surface area contributed by atoms with E-state index in [1.54, 1.807) is 0 Å². The minimum Gasteiger partial charge on any atom is -0.493 e. The van der Waals surface area contributed by atoms with Gasteiger partial charge in [-0.3, -0.25) is 14.3 Å². The summed E-state index contributed by atoms with van der Waals surface area (Å²) in [6.07, 6.45) is 1.45. The first-order valence-corrected chi connectivity index (χ1v) is 7.39. The van der Waals surface area contributed by atoms with Gasteiger partial charge in [-0.1, -0.05) is 11.6 Å². The second-order valence-corrected chi connectivity index (χ2v) is 5.08. The molecule has 0 fully saturated rings. The first-order valence-electron chi connectivity index (χ1n) is 7.01. The van der Waals surface area contributed by atoms with Crippen LogP contribution in [0.3, 0.4) is 0 Å². The van der Waals surface area contributed by atoms with Crippen LogP contribution in [0.1, 0.15) is 17.3 Å². The fraction of sp³-hybridized carbons (Fsp3) is 0.267. The van der Waals surface area contributed by atoms with Crippen molar-refractivity contribution in [3.05, 3.63) is 35.0 Å². The zero-order valence-electron chi connectivity index (χ0n) is 13.1. The topological polar surface area (TPSA) is 103 Å². The van der Waals surface area contributed by atoms with Crippen molar-refractivity contribution in [2.45, 2.75) is 13.5 Å². The van der Waals surface area contributed by atoms with Gasteiger partial charge in [-0.25, -0.2) is 0 Å². The molecule has 2 rings (SSSR count). The highest BCUT2D eigenvalue weighted by Crippen LogP contribution is 2.36. The molecule has 0 bridgehead atoms. The third-order valence-corrected chi connectivity index (χ3v) is 3.24. The number of carboxylic acids is 1. The first-order chi connectivity index (χ1) is 11.4. The molecule has 1 amide bonds. The molecule has 24 heavy (non-hydrogen) atoms. The van der Waals surface area contributed by atoms with Crippen molar-refractivity contribution in [2.75, 3.05) is 19.0 Å². The van der Waals surface area contributed by atoms with E-state index in [1.807, 2.05) is 6.92 Å². The molecule has 1 aromatic carbocycles. The molecule has 0 spiro atoms. The number of carbonyl (C=O) groups is 2. The quantitative estimate of drug-likeness (QED) is 0.791. The average Bonchev–Trinajstić information content (AvgIpc) is 2.95. The summed E-state index contributed by atoms with van der Waals surface area (Å²) in [5.74, 6) is -0.557. The Hall–Kier alpha value is -2.74. The molecule has 0 saturated heterocycles. The lowest BCUT2D eigenvalue weighted by molar-refractivity contribution is -0.137. The van der Waals surface area contributed by atoms with Gasteiger partial charge < -0.3 is 19.9 Å². The van der Waals surface area contributed by atoms with Gasteiger partial charge in [-0.15, -0.1) is 0 Å². The maximum atomic E-state index is 12.3. The number of rotatable bonds is 7. The molecule has 0 radical (unpaired) electrons. The number of carbonyl (C=O) groups excluding carboxylic acids is 1. The van der Waals surface area contributed by atoms with Crippen LogP contribution in [0.5, 0.6) is 11.5 Å². The summed E-state index contributed by atoms with van der Waals surface area (Å²) >= 11 is 6.13. The summed E-state index contributed by atoms with van der Waals surface area (Å²) in [5.41, 5.74) is 0.257. The van der Waals surface area contributed by atoms with Crippen molar-refractivity contribution in [2.24, 2.45) is 0 Å². The van der Waals surface area contributed by atoms with Crippen LogP contribution >= 0.6 is 11.6 Å². The molecule has 1 aromatic heterocycles. The van der Waals surface area contributed by atoms with Gasteiger partial charge in [0.05, 0.1) is 18.7 Å². The van der Waals surface area contributed by atoms with Crippen molar-refractivity contribution in [3.63, 3.8) is 0 Å². The predicted molar refractivity (Wildman–Crippen MR) is 87.0 cm³/mol. The van der Waals surface area contributed by atoms with Crippen LogP contribution in [0.25, 0.3) is 0 Å². The lowest BCUT2D eigenvalue weighted by Crippen LogP contribution is -2.14. The molecule has 9 heteroatoms. The normalized spacial score (nSPS) is 10.3. The number of ether oxygens (including phenoxy) is 2. The SMILES string of the molecule is CCOc1c(Cl)cc(C(=O)Nc2ccn(CC(=O)O)n2)cc1OC. The molecule has 0 aliphatic heterocycles. The summed E-state index contributed by atoms with van der Waals surface area (Å²) in [6, 6.07) is 4.45. The molecule has 0 saturated carbocycles. The van der Waals surface area contributed by atoms with Crippen LogP contribution < -0.4 is 14.8 Å². The number of hydrogen-bond acceptors (Lipinski definition) is 5. The van der Waals surface area contributed by atoms with E-state index < -0.39 is 11.9 Å². The van der Waals surface area contributed by atoms with Gasteiger partial charge in [-0.05, 0) is 19.1 Å². The average molecular weight is 354 g/mol. The van der Waals surface area contributed by atoms with Crippen molar-refractivity contribution >= 4 is 29.3 Å². The van der Waals surface area contributed by atoms with E-state index in [0.29, 0.717) is 18.1 Å². The number of methoxy groups -OCH3 is 1. The van der Waals surface area contributed by atoms with E-state index in [-0.39, 0.29) is 22.9 Å². The monoisotopic (exact) mass is 353 g/mol. The number of aromatic nitrogens is 2. The Morgan fingerprint density at radius 3 is 2.79 bits per heavy atom. The number of amides is 1. The van der Waals surface area contributed by atoms with Gasteiger partial charge >= 0.3 is 5.97 Å². The molecule has 0 atom stereocenters. The Kier molecular flexibility index (Phi) is 5.64. The highest BCUT2D eigenvalue weighted by Gasteiger charge is 2.16. The zero-order valence-corrected chi connectivity index (χ0v) is 13.8. The zero-order chi connectivity index (χ0) is 17.7. The molecule has 128 valence electrons. The Bertz CT molecular complexity index is 760. The fourth-order valence-electron chi connectivity index (χ4n) is 1.98. The van der Waals surface area contributed by atoms with E-state index in [2.05, 4.69) is 10.4 Å². The third-order valence-electron chi connectivity index (χ3n) is 2.96. The molecule has 1 heterocycles. The highest BCUT2D eigenvalue weighted by atomic mass is 35.5. The number of benzene rings is 1. The minimum atomic E-state index is -1.03. The van der Waals surface area contributed by atoms with Crippen molar-refractivity contribution in [1.29, 1.82) is 0 Å². The molecular weight excluding hydrogens is 338 g/mol. The van der Waals surface area contributed by atoms with E-state index >= 15 is 0 Å². The second-order valence-electron chi connectivity index (χ2n) is 4.67. The number of hydrogen-bond donors (Lipinski definition) is 2. The van der Waals surface area contributed by atoms with Gasteiger partial charge in [0.2, 0.25) is 0 Å². The molecule has 8 nitrogen and oxygen atoms in total. The van der Waals surface area contributed by atoms with Crippen molar-refractivity contribution in [1.82, 2.24) is 9.78 Å². The predicted octanol–water partition coefficient (Wildman–Crippen LogP) is 2.28. The number of aliphatic carboxylic acids is 1. The summed E-state index contributed by atoms with van der Waals surface area (Å²) in [7, 11) is 1.45. The summed E-state index contributed by atoms with van der Waals surface area (Å²) < 4.78 is 11.8. The molecular formula is C15H16ClN3O5. The Morgan fingerprint density at radius 2 is 2.17 bits per heavy atom. The summed E-state index contributed by atoms with van der Waals surface area (Å²) in [4.78, 5) is 22.9. The number of nitrogens with one attached hydrogen (secondary N) is 1. The number of nitrogens with zero attached hydrogens (tertiary/aromatic N) is 2. The largest absolute Gasteiger partial charge is 0.493 e. The number of anilines is 1. The molecule has 0 unspecified atom stereocenters. The van der Waals surface area contributed by atoms with Crippen LogP contribution in [-0.2, 0) is 11.3 Å². The first kappa shape index (κ1) is 17.6. The van der Waals surface area contributed by atoms with E-state index in [1.165, 1.54) is 36.2 Å². The van der Waals surface area contributed by atoms with Crippen LogP contribution in [0, 0.1) is 0 Å². The van der Waals surface area contributed by atoms with Crippen LogP contribution in [-0.4, -0.2) is 40.5 Å². The van der Waals surface area contributed by atoms with Gasteiger partial charge in [-0.2, -0.15) is 5.10 Å². The van der Waals surface area contributed by atoms with Crippen LogP contribution in [0.2, 0.25) is 5.02 Å². The van der Waals surface area contributed by atoms with E-state index in [4.69, 9.17) is 26.2 Å². The third kappa shape index (κ3) is 4.17. The maximum Gasteiger partial charge on any atom is 0.325 e. The lowest BCUT2D eigenvalue weighted by atomic mass is 10.2. The highest BCUT2D eigenvalue weighted by molar-refractivity contribution is 6.32. The number of carboxylic acid groups (broad SMARTS) is 1. The van der Waals surface area contributed by atoms with Gasteiger partial charge in [0.1, 0.15) is 6.54 Å². The van der Waals surface area contributed by atoms with Crippen LogP contribution in [0.15, 0.2) is 24.4 Å². The summed E-state index contributed by atoms with van der Waals surface area (Å²) in [5, 5.41) is 15.5. The Morgan fingerprint density at radius 1 is 1.42 bits per heavy atom. The summed E-state index contributed by atoms with van der Waals surface area (Å²) in [6.45, 7) is 1.92. The lowest BCUT2D eigenvalue weighted by Gasteiger charge is -2.12. The smallest absolute Gasteiger partial charge is 0.325 e. The van der Waals surface area contributed by atoms with Gasteiger partial charge in [0.25, 0.3) is 5.91 Å². The molecule has 2 aromatic rings. The van der Waals surface area contributed by atoms with Crippen molar-refractivity contribution < 1.29 is 24.2 Å². The fourth-order valence-corrected chi connectivity index (χ4v) is 2.24. The standard InChI is InChI=1S/C15H16ClN3O5/c1-3-24-14-10(16)6-9(7-11(14)23-2)15(22)17-12-4-5-19(18-12)8-13(20)21/h4-7H,3,8H2,1-2H3,(H,20,21)(H,17,18,22). The molecule has 0 aliphatic carbocycles. The Balaban J connectivity index is 2.19. The van der Waals surface area contributed by atoms with Crippen molar-refractivity contribution in [3.8, 4) is 11.5 Å². The maximum absolute atomic E-state index is 12.3. The minimum absolute atomic E-state index is 0.227. The Labute approximate surface area is 142 Å². The number of halogens is 1. The molecule has 0 aliphatic rings. The second kappa shape index (κ2) is 7.69. The van der Waals surface area contributed by atoms with Crippen LogP contribution in [0.4, 0.5) is 5.82 Å². The molecule has 2 N–H and O–H groups in total. The van der Waals surface area contributed by atoms with Gasteiger partial charge in [0, 0.05) is 17.8 Å². The van der Waals surface area contributed by atoms with Gasteiger partial charge in [0.15, 0.2) is 17.3 Å². The van der Waals surface area contributed by atoms with E-state index in [9.17, 15) is 9.59 Å². The van der Waals surface area contributed by atoms with E-state index in [0.717, 1.165) is 0 Å².